The minimum atomic E-state index is -0.557. The van der Waals surface area contributed by atoms with Crippen LogP contribution in [0.1, 0.15) is 36.2 Å². The van der Waals surface area contributed by atoms with Crippen molar-refractivity contribution in [2.75, 3.05) is 25.9 Å². The Bertz CT molecular complexity index is 980. The summed E-state index contributed by atoms with van der Waals surface area (Å²) in [7, 11) is 1.65. The Morgan fingerprint density at radius 1 is 1.33 bits per heavy atom. The Labute approximate surface area is 178 Å². The summed E-state index contributed by atoms with van der Waals surface area (Å²) in [5.74, 6) is -0.637. The van der Waals surface area contributed by atoms with Crippen LogP contribution in [0.4, 0.5) is 9.39 Å². The molecule has 30 heavy (non-hydrogen) atoms. The molecule has 1 aliphatic heterocycles. The van der Waals surface area contributed by atoms with Crippen molar-refractivity contribution in [3.05, 3.63) is 41.6 Å². The maximum atomic E-state index is 13.6. The number of nitrogen functional groups attached to an aromatic ring is 1. The van der Waals surface area contributed by atoms with Gasteiger partial charge in [-0.15, -0.1) is 0 Å². The number of anilines is 1. The molecule has 0 unspecified atom stereocenters. The minimum Gasteiger partial charge on any atom is -0.507 e. The van der Waals surface area contributed by atoms with Gasteiger partial charge in [0.2, 0.25) is 0 Å². The van der Waals surface area contributed by atoms with E-state index in [2.05, 4.69) is 20.2 Å². The van der Waals surface area contributed by atoms with Crippen LogP contribution in [-0.4, -0.2) is 46.9 Å². The van der Waals surface area contributed by atoms with Gasteiger partial charge in [-0.2, -0.15) is 0 Å². The van der Waals surface area contributed by atoms with E-state index in [1.54, 1.807) is 7.05 Å². The lowest BCUT2D eigenvalue weighted by atomic mass is 10.2. The monoisotopic (exact) mass is 432 g/mol. The van der Waals surface area contributed by atoms with Crippen LogP contribution in [-0.2, 0) is 0 Å². The Balaban J connectivity index is 1.82. The highest BCUT2D eigenvalue weighted by molar-refractivity contribution is 7.19. The predicted molar refractivity (Wildman–Crippen MR) is 117 cm³/mol. The second-order valence-corrected chi connectivity index (χ2v) is 7.91. The van der Waals surface area contributed by atoms with Gasteiger partial charge in [0.25, 0.3) is 5.91 Å². The molecule has 3 rings (SSSR count). The van der Waals surface area contributed by atoms with E-state index in [1.807, 2.05) is 0 Å². The smallest absolute Gasteiger partial charge is 0.277 e. The van der Waals surface area contributed by atoms with Crippen molar-refractivity contribution in [1.82, 2.24) is 15.2 Å². The molecule has 0 radical (unpaired) electrons. The molecule has 8 nitrogen and oxygen atoms in total. The molecule has 0 aliphatic carbocycles. The topological polar surface area (TPSA) is 130 Å². The number of nitrogens with two attached hydrogens (primary N) is 2. The zero-order chi connectivity index (χ0) is 21.7. The van der Waals surface area contributed by atoms with Crippen molar-refractivity contribution in [2.24, 2.45) is 10.7 Å². The highest BCUT2D eigenvalue weighted by atomic mass is 32.1. The fourth-order valence-electron chi connectivity index (χ4n) is 3.36. The Morgan fingerprint density at radius 3 is 2.67 bits per heavy atom. The van der Waals surface area contributed by atoms with E-state index in [1.165, 1.54) is 12.3 Å². The summed E-state index contributed by atoms with van der Waals surface area (Å²) < 4.78 is 13.6. The van der Waals surface area contributed by atoms with E-state index in [0.29, 0.717) is 11.5 Å². The number of amidine groups is 1. The molecule has 1 aliphatic rings. The number of phenols is 1. The molecule has 1 amide bonds. The van der Waals surface area contributed by atoms with Gasteiger partial charge >= 0.3 is 0 Å². The summed E-state index contributed by atoms with van der Waals surface area (Å²) in [6.07, 6.45) is 5.71. The lowest BCUT2D eigenvalue weighted by Crippen LogP contribution is -2.39. The van der Waals surface area contributed by atoms with Crippen LogP contribution in [0, 0.1) is 5.82 Å². The number of aromatic nitrogens is 1. The van der Waals surface area contributed by atoms with E-state index in [4.69, 9.17) is 11.5 Å². The summed E-state index contributed by atoms with van der Waals surface area (Å²) in [6, 6.07) is 3.50. The zero-order valence-electron chi connectivity index (χ0n) is 16.7. The normalized spacial score (nSPS) is 15.7. The average molecular weight is 433 g/mol. The third-order valence-corrected chi connectivity index (χ3v) is 5.75. The van der Waals surface area contributed by atoms with Gasteiger partial charge in [-0.25, -0.2) is 9.37 Å². The summed E-state index contributed by atoms with van der Waals surface area (Å²) in [5.41, 5.74) is 12.3. The van der Waals surface area contributed by atoms with Crippen molar-refractivity contribution in [3.8, 4) is 16.3 Å². The molecule has 10 heteroatoms. The highest BCUT2D eigenvalue weighted by Crippen LogP contribution is 2.35. The quantitative estimate of drug-likeness (QED) is 0.434. The van der Waals surface area contributed by atoms with Gasteiger partial charge in [-0.1, -0.05) is 24.2 Å². The number of carbonyl (C=O) groups is 1. The third kappa shape index (κ3) is 4.70. The largest absolute Gasteiger partial charge is 0.507 e. The van der Waals surface area contributed by atoms with Crippen molar-refractivity contribution in [3.63, 3.8) is 0 Å². The van der Waals surface area contributed by atoms with E-state index in [-0.39, 0.29) is 27.0 Å². The number of rotatable bonds is 4. The first-order valence-corrected chi connectivity index (χ1v) is 10.5. The molecule has 2 heterocycles. The van der Waals surface area contributed by atoms with Crippen LogP contribution in [0.15, 0.2) is 35.1 Å². The van der Waals surface area contributed by atoms with E-state index in [0.717, 1.165) is 62.2 Å². The molecule has 0 bridgehead atoms. The van der Waals surface area contributed by atoms with Gasteiger partial charge in [0.05, 0.1) is 11.3 Å². The molecule has 1 fully saturated rings. The maximum absolute atomic E-state index is 13.6. The van der Waals surface area contributed by atoms with Crippen LogP contribution in [0.25, 0.3) is 10.6 Å². The number of aromatic hydroxyl groups is 1. The van der Waals surface area contributed by atoms with E-state index >= 15 is 0 Å². The number of benzene rings is 1. The number of halogens is 1. The fraction of sp³-hybridized carbons (Fsp3) is 0.350. The molecule has 0 spiro atoms. The number of likely N-dealkylation sites (tertiary alicyclic amines) is 1. The number of hydrogen-bond acceptors (Lipinski definition) is 7. The van der Waals surface area contributed by atoms with Crippen LogP contribution in [0.3, 0.4) is 0 Å². The van der Waals surface area contributed by atoms with Gasteiger partial charge in [0.15, 0.2) is 5.69 Å². The van der Waals surface area contributed by atoms with Crippen molar-refractivity contribution in [1.29, 1.82) is 0 Å². The summed E-state index contributed by atoms with van der Waals surface area (Å²) in [5, 5.41) is 13.1. The molecule has 2 aromatic rings. The molecule has 1 aromatic heterocycles. The summed E-state index contributed by atoms with van der Waals surface area (Å²) in [6.45, 7) is 1.67. The average Bonchev–Trinajstić information content (AvgIpc) is 2.93. The molecule has 1 aromatic carbocycles. The lowest BCUT2D eigenvalue weighted by Gasteiger charge is -2.25. The fourth-order valence-corrected chi connectivity index (χ4v) is 4.21. The second kappa shape index (κ2) is 9.57. The van der Waals surface area contributed by atoms with Crippen LogP contribution in [0.5, 0.6) is 5.75 Å². The Hall–Kier alpha value is -3.14. The van der Waals surface area contributed by atoms with Crippen molar-refractivity contribution in [2.45, 2.75) is 25.7 Å². The number of amides is 1. The molecule has 0 atom stereocenters. The molecule has 160 valence electrons. The van der Waals surface area contributed by atoms with E-state index < -0.39 is 11.7 Å². The van der Waals surface area contributed by atoms with Crippen molar-refractivity contribution >= 4 is 28.1 Å². The van der Waals surface area contributed by atoms with Crippen molar-refractivity contribution < 1.29 is 14.3 Å². The second-order valence-electron chi connectivity index (χ2n) is 6.88. The Kier molecular flexibility index (Phi) is 6.88. The molecule has 6 N–H and O–H groups in total. The minimum absolute atomic E-state index is 0.0238. The first kappa shape index (κ1) is 21.6. The van der Waals surface area contributed by atoms with Crippen LogP contribution in [0.2, 0.25) is 0 Å². The van der Waals surface area contributed by atoms with Gasteiger partial charge < -0.3 is 26.8 Å². The van der Waals surface area contributed by atoms with Gasteiger partial charge in [-0.3, -0.25) is 9.79 Å². The number of hydrogen-bond donors (Lipinski definition) is 4. The van der Waals surface area contributed by atoms with Gasteiger partial charge in [0, 0.05) is 26.3 Å². The first-order valence-electron chi connectivity index (χ1n) is 9.65. The first-order chi connectivity index (χ1) is 14.4. The third-order valence-electron chi connectivity index (χ3n) is 4.83. The molecule has 0 saturated carbocycles. The summed E-state index contributed by atoms with van der Waals surface area (Å²) >= 11 is 0.986. The molecule has 1 saturated heterocycles. The number of thiazole rings is 1. The standard InChI is InChI=1S/C20H25FN6O2S/c1-24-18(27-8-4-2-3-5-9-27)14(11-22)25-19(29)16-17(23)30-20(26-16)13-10-12(21)6-7-15(13)28/h6-7,10-11,28H,2-5,8-9,22-23H2,1H3,(H,25,29). The number of carbonyl (C=O) groups excluding carboxylic acids is 1. The summed E-state index contributed by atoms with van der Waals surface area (Å²) in [4.78, 5) is 23.5. The number of phenolic OH excluding ortho intramolecular Hbond substituents is 1. The molecular formula is C20H25FN6O2S. The number of nitrogens with zero attached hydrogens (tertiary/aromatic N) is 3. The zero-order valence-corrected chi connectivity index (χ0v) is 17.5. The van der Waals surface area contributed by atoms with E-state index in [9.17, 15) is 14.3 Å². The highest BCUT2D eigenvalue weighted by Gasteiger charge is 2.23. The predicted octanol–water partition coefficient (Wildman–Crippen LogP) is 2.67. The Morgan fingerprint density at radius 2 is 2.03 bits per heavy atom. The maximum Gasteiger partial charge on any atom is 0.277 e. The number of aliphatic imine (C=N–C) groups is 1. The van der Waals surface area contributed by atoms with Crippen LogP contribution >= 0.6 is 11.3 Å². The van der Waals surface area contributed by atoms with Gasteiger partial charge in [-0.05, 0) is 31.0 Å². The SMILES string of the molecule is CN=C(C(=CN)NC(=O)c1nc(-c2cc(F)ccc2O)sc1N)N1CCCCCC1. The number of nitrogens with one attached hydrogen (secondary N) is 1. The van der Waals surface area contributed by atoms with Gasteiger partial charge in [0.1, 0.15) is 27.4 Å². The molecular weight excluding hydrogens is 407 g/mol. The van der Waals surface area contributed by atoms with Crippen LogP contribution < -0.4 is 16.8 Å². The lowest BCUT2D eigenvalue weighted by molar-refractivity contribution is 0.0964.